The van der Waals surface area contributed by atoms with Crippen LogP contribution in [0, 0.1) is 10.1 Å². The predicted molar refractivity (Wildman–Crippen MR) is 79.7 cm³/mol. The molecule has 0 bridgehead atoms. The van der Waals surface area contributed by atoms with Crippen LogP contribution in [0.5, 0.6) is 0 Å². The van der Waals surface area contributed by atoms with Crippen LogP contribution in [0.1, 0.15) is 10.4 Å². The van der Waals surface area contributed by atoms with Crippen molar-refractivity contribution in [2.45, 2.75) is 12.2 Å². The molecule has 1 unspecified atom stereocenters. The molecule has 0 aromatic heterocycles. The third-order valence-corrected chi connectivity index (χ3v) is 3.75. The van der Waals surface area contributed by atoms with Crippen molar-refractivity contribution in [3.05, 3.63) is 39.9 Å². The van der Waals surface area contributed by atoms with Gasteiger partial charge < -0.3 is 10.6 Å². The SMILES string of the molecule is O=C(NCC(N1CCNCC1)C(F)(F)F)c1cccc([N+](=O)[O-])c1. The standard InChI is InChI=1S/C14H17F3N4O3/c15-14(16,17)12(20-6-4-18-5-7-20)9-19-13(22)10-2-1-3-11(8-10)21(23)24/h1-3,8,12,18H,4-7,9H2,(H,19,22). The summed E-state index contributed by atoms with van der Waals surface area (Å²) in [5.74, 6) is -0.775. The molecule has 1 aliphatic rings. The second kappa shape index (κ2) is 7.58. The number of nitrogens with zero attached hydrogens (tertiary/aromatic N) is 2. The fourth-order valence-corrected chi connectivity index (χ4v) is 2.50. The Morgan fingerprint density at radius 1 is 1.38 bits per heavy atom. The molecule has 1 aliphatic heterocycles. The molecule has 1 saturated heterocycles. The highest BCUT2D eigenvalue weighted by Crippen LogP contribution is 2.25. The van der Waals surface area contributed by atoms with Crippen molar-refractivity contribution < 1.29 is 22.9 Å². The topological polar surface area (TPSA) is 87.5 Å². The Kier molecular flexibility index (Phi) is 5.73. The minimum absolute atomic E-state index is 0.0505. The van der Waals surface area contributed by atoms with Gasteiger partial charge in [-0.15, -0.1) is 0 Å². The maximum Gasteiger partial charge on any atom is 0.405 e. The van der Waals surface area contributed by atoms with Crippen molar-refractivity contribution in [2.24, 2.45) is 0 Å². The summed E-state index contributed by atoms with van der Waals surface area (Å²) in [6.45, 7) is 0.759. The zero-order valence-electron chi connectivity index (χ0n) is 12.7. The molecule has 0 spiro atoms. The van der Waals surface area contributed by atoms with Crippen molar-refractivity contribution in [3.63, 3.8) is 0 Å². The number of carbonyl (C=O) groups excluding carboxylic acids is 1. The lowest BCUT2D eigenvalue weighted by Gasteiger charge is -2.35. The van der Waals surface area contributed by atoms with Crippen molar-refractivity contribution in [2.75, 3.05) is 32.7 Å². The number of carbonyl (C=O) groups is 1. The number of nitro benzene ring substituents is 1. The fourth-order valence-electron chi connectivity index (χ4n) is 2.50. The highest BCUT2D eigenvalue weighted by atomic mass is 19.4. The summed E-state index contributed by atoms with van der Waals surface area (Å²) in [6, 6.07) is 3.07. The van der Waals surface area contributed by atoms with Crippen molar-refractivity contribution >= 4 is 11.6 Å². The van der Waals surface area contributed by atoms with Crippen LogP contribution in [0.15, 0.2) is 24.3 Å². The summed E-state index contributed by atoms with van der Waals surface area (Å²) in [7, 11) is 0. The van der Waals surface area contributed by atoms with Gasteiger partial charge in [0.25, 0.3) is 11.6 Å². The van der Waals surface area contributed by atoms with Crippen molar-refractivity contribution in [1.82, 2.24) is 15.5 Å². The predicted octanol–water partition coefficient (Wildman–Crippen LogP) is 1.16. The molecule has 10 heteroatoms. The molecule has 1 aromatic carbocycles. The van der Waals surface area contributed by atoms with Gasteiger partial charge >= 0.3 is 6.18 Å². The lowest BCUT2D eigenvalue weighted by Crippen LogP contribution is -2.57. The molecule has 1 heterocycles. The number of rotatable bonds is 5. The smallest absolute Gasteiger partial charge is 0.350 e. The molecular weight excluding hydrogens is 329 g/mol. The van der Waals surface area contributed by atoms with E-state index in [0.29, 0.717) is 13.1 Å². The van der Waals surface area contributed by atoms with Crippen LogP contribution in [-0.2, 0) is 0 Å². The van der Waals surface area contributed by atoms with Crippen molar-refractivity contribution in [1.29, 1.82) is 0 Å². The third kappa shape index (κ3) is 4.65. The lowest BCUT2D eigenvalue weighted by atomic mass is 10.1. The number of halogens is 3. The van der Waals surface area contributed by atoms with E-state index in [0.717, 1.165) is 6.07 Å². The van der Waals surface area contributed by atoms with Crippen LogP contribution in [0.25, 0.3) is 0 Å². The minimum atomic E-state index is -4.48. The van der Waals surface area contributed by atoms with Gasteiger partial charge in [-0.1, -0.05) is 6.07 Å². The monoisotopic (exact) mass is 346 g/mol. The maximum atomic E-state index is 13.2. The second-order valence-electron chi connectivity index (χ2n) is 5.36. The van der Waals surface area contributed by atoms with E-state index in [-0.39, 0.29) is 24.3 Å². The van der Waals surface area contributed by atoms with E-state index in [1.54, 1.807) is 0 Å². The largest absolute Gasteiger partial charge is 0.405 e. The summed E-state index contributed by atoms with van der Waals surface area (Å²) >= 11 is 0. The average Bonchev–Trinajstić information content (AvgIpc) is 2.54. The number of alkyl halides is 3. The average molecular weight is 346 g/mol. The molecule has 2 N–H and O–H groups in total. The summed E-state index contributed by atoms with van der Waals surface area (Å²) in [4.78, 5) is 23.3. The molecule has 0 saturated carbocycles. The Balaban J connectivity index is 2.04. The Labute approximate surface area is 136 Å². The van der Waals surface area contributed by atoms with Crippen LogP contribution in [0.4, 0.5) is 18.9 Å². The van der Waals surface area contributed by atoms with E-state index in [1.807, 2.05) is 0 Å². The van der Waals surface area contributed by atoms with Gasteiger partial charge in [0.2, 0.25) is 0 Å². The van der Waals surface area contributed by atoms with Gasteiger partial charge in [-0.2, -0.15) is 13.2 Å². The first kappa shape index (κ1) is 18.1. The second-order valence-corrected chi connectivity index (χ2v) is 5.36. The van der Waals surface area contributed by atoms with Crippen LogP contribution in [0.3, 0.4) is 0 Å². The first-order valence-electron chi connectivity index (χ1n) is 7.33. The highest BCUT2D eigenvalue weighted by molar-refractivity contribution is 5.94. The number of non-ortho nitro benzene ring substituents is 1. The van der Waals surface area contributed by atoms with E-state index in [2.05, 4.69) is 10.6 Å². The molecule has 1 amide bonds. The molecule has 24 heavy (non-hydrogen) atoms. The summed E-state index contributed by atoms with van der Waals surface area (Å²) in [5.41, 5.74) is -0.345. The Hall–Kier alpha value is -2.20. The molecular formula is C14H17F3N4O3. The van der Waals surface area contributed by atoms with Crippen LogP contribution in [0.2, 0.25) is 0 Å². The molecule has 1 fully saturated rings. The summed E-state index contributed by atoms with van der Waals surface area (Å²) in [6.07, 6.45) is -4.48. The number of piperazine rings is 1. The number of hydrogen-bond acceptors (Lipinski definition) is 5. The van der Waals surface area contributed by atoms with Crippen LogP contribution in [-0.4, -0.2) is 60.7 Å². The first-order chi connectivity index (χ1) is 11.3. The Bertz CT molecular complexity index is 603. The fraction of sp³-hybridized carbons (Fsp3) is 0.500. The normalized spacial score (nSPS) is 17.3. The Morgan fingerprint density at radius 2 is 2.04 bits per heavy atom. The van der Waals surface area contributed by atoms with Gasteiger partial charge in [0.05, 0.1) is 4.92 Å². The van der Waals surface area contributed by atoms with E-state index in [4.69, 9.17) is 0 Å². The summed E-state index contributed by atoms with van der Waals surface area (Å²) in [5, 5.41) is 15.9. The minimum Gasteiger partial charge on any atom is -0.350 e. The molecule has 0 radical (unpaired) electrons. The van der Waals surface area contributed by atoms with E-state index in [1.165, 1.54) is 23.1 Å². The van der Waals surface area contributed by atoms with E-state index in [9.17, 15) is 28.1 Å². The van der Waals surface area contributed by atoms with Gasteiger partial charge in [-0.3, -0.25) is 19.8 Å². The lowest BCUT2D eigenvalue weighted by molar-refractivity contribution is -0.384. The van der Waals surface area contributed by atoms with Gasteiger partial charge in [-0.05, 0) is 6.07 Å². The van der Waals surface area contributed by atoms with Gasteiger partial charge in [0, 0.05) is 50.4 Å². The third-order valence-electron chi connectivity index (χ3n) is 3.75. The number of benzene rings is 1. The zero-order valence-corrected chi connectivity index (χ0v) is 12.7. The quantitative estimate of drug-likeness (QED) is 0.617. The zero-order chi connectivity index (χ0) is 17.7. The number of amides is 1. The Morgan fingerprint density at radius 3 is 2.62 bits per heavy atom. The maximum absolute atomic E-state index is 13.2. The molecule has 1 aromatic rings. The summed E-state index contributed by atoms with van der Waals surface area (Å²) < 4.78 is 39.7. The molecule has 132 valence electrons. The van der Waals surface area contributed by atoms with Crippen LogP contribution >= 0.6 is 0 Å². The highest BCUT2D eigenvalue weighted by Gasteiger charge is 2.43. The first-order valence-corrected chi connectivity index (χ1v) is 7.33. The van der Waals surface area contributed by atoms with Crippen molar-refractivity contribution in [3.8, 4) is 0 Å². The van der Waals surface area contributed by atoms with E-state index >= 15 is 0 Å². The number of nitro groups is 1. The van der Waals surface area contributed by atoms with E-state index < -0.39 is 29.6 Å². The molecule has 7 nitrogen and oxygen atoms in total. The number of hydrogen-bond donors (Lipinski definition) is 2. The number of nitrogens with one attached hydrogen (secondary N) is 2. The van der Waals surface area contributed by atoms with Gasteiger partial charge in [-0.25, -0.2) is 0 Å². The van der Waals surface area contributed by atoms with Gasteiger partial charge in [0.1, 0.15) is 6.04 Å². The van der Waals surface area contributed by atoms with Crippen LogP contribution < -0.4 is 10.6 Å². The molecule has 2 rings (SSSR count). The van der Waals surface area contributed by atoms with Gasteiger partial charge in [0.15, 0.2) is 0 Å². The molecule has 0 aliphatic carbocycles. The molecule has 1 atom stereocenters.